The van der Waals surface area contributed by atoms with E-state index in [0.29, 0.717) is 18.9 Å². The van der Waals surface area contributed by atoms with E-state index in [0.717, 1.165) is 24.2 Å². The van der Waals surface area contributed by atoms with Crippen molar-refractivity contribution in [3.63, 3.8) is 0 Å². The van der Waals surface area contributed by atoms with Gasteiger partial charge in [0.05, 0.1) is 23.7 Å². The molecule has 0 bridgehead atoms. The first kappa shape index (κ1) is 30.0. The average molecular weight is 585 g/mol. The maximum atomic E-state index is 12.4. The van der Waals surface area contributed by atoms with Gasteiger partial charge in [-0.3, -0.25) is 4.18 Å². The topological polar surface area (TPSA) is 72.8 Å². The lowest BCUT2D eigenvalue weighted by Crippen LogP contribution is -2.29. The summed E-state index contributed by atoms with van der Waals surface area (Å²) in [5.41, 5.74) is 6.60. The Labute approximate surface area is 250 Å². The number of aryl methyl sites for hydroxylation is 3. The molecule has 1 N–H and O–H groups in total. The zero-order valence-electron chi connectivity index (χ0n) is 24.6. The third kappa shape index (κ3) is 7.30. The number of aliphatic hydroxyl groups is 1. The van der Waals surface area contributed by atoms with Gasteiger partial charge in [-0.15, -0.1) is 0 Å². The van der Waals surface area contributed by atoms with Crippen LogP contribution in [0.2, 0.25) is 0 Å². The van der Waals surface area contributed by atoms with Gasteiger partial charge in [-0.1, -0.05) is 83.9 Å². The summed E-state index contributed by atoms with van der Waals surface area (Å²) in [7, 11) is -3.86. The molecule has 0 fully saturated rings. The minimum absolute atomic E-state index is 0.108. The van der Waals surface area contributed by atoms with Gasteiger partial charge in [0.1, 0.15) is 5.75 Å². The Hall–Kier alpha value is -3.45. The van der Waals surface area contributed by atoms with Gasteiger partial charge in [0.15, 0.2) is 0 Å². The third-order valence-corrected chi connectivity index (χ3v) is 9.65. The third-order valence-electron chi connectivity index (χ3n) is 8.33. The smallest absolute Gasteiger partial charge is 0.296 e. The number of hydrogen-bond donors (Lipinski definition) is 1. The van der Waals surface area contributed by atoms with E-state index in [1.165, 1.54) is 39.9 Å². The van der Waals surface area contributed by atoms with E-state index in [-0.39, 0.29) is 23.8 Å². The van der Waals surface area contributed by atoms with Crippen molar-refractivity contribution in [2.45, 2.75) is 68.8 Å². The summed E-state index contributed by atoms with van der Waals surface area (Å²) >= 11 is 0. The predicted octanol–water partition coefficient (Wildman–Crippen LogP) is 7.48. The lowest BCUT2D eigenvalue weighted by molar-refractivity contribution is 0.0180. The second-order valence-corrected chi connectivity index (χ2v) is 13.4. The van der Waals surface area contributed by atoms with E-state index in [4.69, 9.17) is 8.92 Å². The number of rotatable bonds is 11. The molecule has 0 aromatic heterocycles. The first-order valence-corrected chi connectivity index (χ1v) is 16.1. The molecule has 6 heteroatoms. The highest BCUT2D eigenvalue weighted by atomic mass is 32.2. The van der Waals surface area contributed by atoms with Gasteiger partial charge in [0.2, 0.25) is 0 Å². The molecule has 0 saturated carbocycles. The number of hydrogen-bond acceptors (Lipinski definition) is 5. The molecule has 3 atom stereocenters. The SMILES string of the molecule is Cc1ccc(S(=O)(=O)OCCC(C)(O)CCOc2ccc([C@@H]3c4ccc(C)cc4CC[C@@H]3c3ccccc3)cc2)cc1. The van der Waals surface area contributed by atoms with E-state index in [2.05, 4.69) is 67.6 Å². The van der Waals surface area contributed by atoms with Crippen LogP contribution in [0.25, 0.3) is 0 Å². The largest absolute Gasteiger partial charge is 0.493 e. The Morgan fingerprint density at radius 3 is 2.19 bits per heavy atom. The molecule has 0 amide bonds. The average Bonchev–Trinajstić information content (AvgIpc) is 2.97. The monoisotopic (exact) mass is 584 g/mol. The maximum Gasteiger partial charge on any atom is 0.296 e. The second kappa shape index (κ2) is 12.8. The van der Waals surface area contributed by atoms with Crippen molar-refractivity contribution in [2.24, 2.45) is 0 Å². The normalized spacial score (nSPS) is 18.2. The van der Waals surface area contributed by atoms with Crippen LogP contribution >= 0.6 is 0 Å². The molecule has 4 aromatic rings. The van der Waals surface area contributed by atoms with Crippen LogP contribution in [0.1, 0.15) is 71.4 Å². The quantitative estimate of drug-likeness (QED) is 0.185. The minimum atomic E-state index is -3.86. The van der Waals surface area contributed by atoms with Gasteiger partial charge in [-0.2, -0.15) is 8.42 Å². The highest BCUT2D eigenvalue weighted by molar-refractivity contribution is 7.86. The molecule has 5 rings (SSSR count). The van der Waals surface area contributed by atoms with Crippen LogP contribution in [0.15, 0.2) is 102 Å². The molecule has 0 radical (unpaired) electrons. The van der Waals surface area contributed by atoms with E-state index >= 15 is 0 Å². The first-order valence-electron chi connectivity index (χ1n) is 14.7. The second-order valence-electron chi connectivity index (χ2n) is 11.7. The fourth-order valence-electron chi connectivity index (χ4n) is 5.85. The van der Waals surface area contributed by atoms with Gasteiger partial charge in [0, 0.05) is 18.8 Å². The van der Waals surface area contributed by atoms with E-state index in [1.54, 1.807) is 19.1 Å². The fraction of sp³-hybridized carbons (Fsp3) is 0.333. The maximum absolute atomic E-state index is 12.4. The van der Waals surface area contributed by atoms with Crippen LogP contribution in [-0.2, 0) is 20.7 Å². The van der Waals surface area contributed by atoms with Crippen LogP contribution in [0, 0.1) is 13.8 Å². The van der Waals surface area contributed by atoms with Crippen molar-refractivity contribution in [3.05, 3.63) is 130 Å². The van der Waals surface area contributed by atoms with Crippen molar-refractivity contribution >= 4 is 10.1 Å². The Kier molecular flexibility index (Phi) is 9.16. The Morgan fingerprint density at radius 1 is 0.810 bits per heavy atom. The van der Waals surface area contributed by atoms with Crippen LogP contribution in [-0.4, -0.2) is 32.3 Å². The Balaban J connectivity index is 1.19. The van der Waals surface area contributed by atoms with Crippen molar-refractivity contribution < 1.29 is 22.4 Å². The van der Waals surface area contributed by atoms with Crippen molar-refractivity contribution in [1.29, 1.82) is 0 Å². The zero-order valence-corrected chi connectivity index (χ0v) is 25.4. The predicted molar refractivity (Wildman–Crippen MR) is 167 cm³/mol. The summed E-state index contributed by atoms with van der Waals surface area (Å²) in [4.78, 5) is 0.112. The van der Waals surface area contributed by atoms with Gasteiger partial charge >= 0.3 is 0 Å². The molecule has 0 heterocycles. The summed E-state index contributed by atoms with van der Waals surface area (Å²) in [6, 6.07) is 32.5. The van der Waals surface area contributed by atoms with E-state index in [9.17, 15) is 13.5 Å². The van der Waals surface area contributed by atoms with Crippen LogP contribution in [0.4, 0.5) is 0 Å². The summed E-state index contributed by atoms with van der Waals surface area (Å²) in [6.07, 6.45) is 2.70. The highest BCUT2D eigenvalue weighted by Crippen LogP contribution is 2.46. The van der Waals surface area contributed by atoms with Crippen LogP contribution in [0.5, 0.6) is 5.75 Å². The summed E-state index contributed by atoms with van der Waals surface area (Å²) < 4.78 is 36.0. The molecule has 42 heavy (non-hydrogen) atoms. The van der Waals surface area contributed by atoms with Crippen molar-refractivity contribution in [2.75, 3.05) is 13.2 Å². The summed E-state index contributed by atoms with van der Waals surface area (Å²) in [5, 5.41) is 10.8. The standard InChI is InChI=1S/C36H40O5S/c1-26-9-17-32(18-10-26)42(38,39)41-24-22-36(3,37)21-23-40-31-15-12-29(13-16-31)35-33(28-7-5-4-6-8-28)20-14-30-25-27(2)11-19-34(30)35/h4-13,15-19,25,33,35,37H,14,20-24H2,1-3H3/t33-,35+,36?/m1/s1. The number of ether oxygens (including phenoxy) is 1. The molecular formula is C36H40O5S. The van der Waals surface area contributed by atoms with Crippen LogP contribution in [0.3, 0.4) is 0 Å². The lowest BCUT2D eigenvalue weighted by atomic mass is 9.69. The van der Waals surface area contributed by atoms with E-state index < -0.39 is 15.7 Å². The molecule has 4 aromatic carbocycles. The Morgan fingerprint density at radius 2 is 1.48 bits per heavy atom. The molecule has 0 spiro atoms. The molecule has 1 unspecified atom stereocenters. The molecule has 1 aliphatic carbocycles. The molecule has 1 aliphatic rings. The molecule has 5 nitrogen and oxygen atoms in total. The van der Waals surface area contributed by atoms with Gasteiger partial charge in [0.25, 0.3) is 10.1 Å². The summed E-state index contributed by atoms with van der Waals surface area (Å²) in [6.45, 7) is 5.91. The number of benzene rings is 4. The van der Waals surface area contributed by atoms with Crippen LogP contribution < -0.4 is 4.74 Å². The summed E-state index contributed by atoms with van der Waals surface area (Å²) in [5.74, 6) is 1.41. The minimum Gasteiger partial charge on any atom is -0.493 e. The zero-order chi connectivity index (χ0) is 29.7. The fourth-order valence-corrected chi connectivity index (χ4v) is 6.76. The van der Waals surface area contributed by atoms with E-state index in [1.807, 2.05) is 19.1 Å². The Bertz CT molecular complexity index is 1580. The van der Waals surface area contributed by atoms with Gasteiger partial charge in [-0.25, -0.2) is 0 Å². The van der Waals surface area contributed by atoms with Crippen molar-refractivity contribution in [3.8, 4) is 5.75 Å². The molecule has 0 saturated heterocycles. The highest BCUT2D eigenvalue weighted by Gasteiger charge is 2.32. The van der Waals surface area contributed by atoms with Gasteiger partial charge in [-0.05, 0) is 86.1 Å². The molecule has 0 aliphatic heterocycles. The van der Waals surface area contributed by atoms with Gasteiger partial charge < -0.3 is 9.84 Å². The number of fused-ring (bicyclic) bond motifs is 1. The molecular weight excluding hydrogens is 544 g/mol. The van der Waals surface area contributed by atoms with Crippen molar-refractivity contribution in [1.82, 2.24) is 0 Å². The lowest BCUT2D eigenvalue weighted by Gasteiger charge is -2.35. The molecule has 220 valence electrons. The first-order chi connectivity index (χ1) is 20.1.